The summed E-state index contributed by atoms with van der Waals surface area (Å²) >= 11 is 0. The van der Waals surface area contributed by atoms with Crippen LogP contribution in [0.5, 0.6) is 0 Å². The van der Waals surface area contributed by atoms with E-state index in [9.17, 15) is 18.8 Å². The average Bonchev–Trinajstić information content (AvgIpc) is 2.91. The normalized spacial score (nSPS) is 21.2. The molecule has 7 nitrogen and oxygen atoms in total. The third-order valence-electron chi connectivity index (χ3n) is 3.73. The number of fused-ring (bicyclic) bond motifs is 1. The Morgan fingerprint density at radius 2 is 2.14 bits per heavy atom. The first-order chi connectivity index (χ1) is 10.4. The number of carboxylic acids is 1. The molecule has 1 N–H and O–H groups in total. The number of halogens is 1. The summed E-state index contributed by atoms with van der Waals surface area (Å²) in [7, 11) is 0. The highest BCUT2D eigenvalue weighted by atomic mass is 19.1. The molecule has 1 aliphatic heterocycles. The van der Waals surface area contributed by atoms with Crippen LogP contribution in [-0.2, 0) is 4.79 Å². The lowest BCUT2D eigenvalue weighted by molar-refractivity contribution is -0.149. The number of pyridine rings is 1. The number of carbonyl (C=O) groups is 2. The molecule has 3 heterocycles. The Hall–Kier alpha value is -2.77. The maximum Gasteiger partial charge on any atom is 0.343 e. The second-order valence-corrected chi connectivity index (χ2v) is 5.15. The van der Waals surface area contributed by atoms with Gasteiger partial charge in [0.25, 0.3) is 11.5 Å². The highest BCUT2D eigenvalue weighted by Crippen LogP contribution is 2.26. The second kappa shape index (κ2) is 4.90. The first-order valence-electron chi connectivity index (χ1n) is 6.60. The van der Waals surface area contributed by atoms with E-state index in [1.54, 1.807) is 18.2 Å². The number of hydrogen-bond acceptors (Lipinski definition) is 4. The lowest BCUT2D eigenvalue weighted by Gasteiger charge is -2.17. The fourth-order valence-electron chi connectivity index (χ4n) is 2.46. The van der Waals surface area contributed by atoms with Crippen LogP contribution in [0.15, 0.2) is 35.4 Å². The van der Waals surface area contributed by atoms with E-state index >= 15 is 0 Å². The summed E-state index contributed by atoms with van der Waals surface area (Å²) in [4.78, 5) is 40.5. The Morgan fingerprint density at radius 1 is 1.36 bits per heavy atom. The van der Waals surface area contributed by atoms with Gasteiger partial charge >= 0.3 is 5.97 Å². The summed E-state index contributed by atoms with van der Waals surface area (Å²) in [5.74, 6) is -2.31. The molecule has 114 valence electrons. The van der Waals surface area contributed by atoms with Crippen LogP contribution in [0.1, 0.15) is 16.8 Å². The molecule has 2 aromatic heterocycles. The Kier molecular flexibility index (Phi) is 3.16. The molecular weight excluding hydrogens is 293 g/mol. The number of amides is 1. The van der Waals surface area contributed by atoms with Crippen molar-refractivity contribution in [2.75, 3.05) is 13.1 Å². The fourth-order valence-corrected chi connectivity index (χ4v) is 2.46. The molecule has 0 bridgehead atoms. The predicted molar refractivity (Wildman–Crippen MR) is 73.5 cm³/mol. The van der Waals surface area contributed by atoms with Crippen LogP contribution in [0.3, 0.4) is 0 Å². The SMILES string of the molecule is O=C(c1cnc2ccccn2c1=O)N1CCC(F)(C(=O)O)C1. The predicted octanol–water partition coefficient (Wildman–Crippen LogP) is 0.333. The first kappa shape index (κ1) is 14.2. The number of carbonyl (C=O) groups excluding carboxylic acids is 1. The highest BCUT2D eigenvalue weighted by Gasteiger charge is 2.47. The number of aliphatic carboxylic acids is 1. The van der Waals surface area contributed by atoms with Crippen LogP contribution in [0.25, 0.3) is 5.65 Å². The minimum absolute atomic E-state index is 0.0570. The molecule has 1 fully saturated rings. The molecule has 22 heavy (non-hydrogen) atoms. The molecule has 0 spiro atoms. The van der Waals surface area contributed by atoms with Gasteiger partial charge in [0.05, 0.1) is 6.54 Å². The second-order valence-electron chi connectivity index (χ2n) is 5.15. The zero-order valence-electron chi connectivity index (χ0n) is 11.4. The molecule has 0 aromatic carbocycles. The molecule has 1 amide bonds. The molecule has 0 radical (unpaired) electrons. The Balaban J connectivity index is 1.96. The van der Waals surface area contributed by atoms with Crippen molar-refractivity contribution in [3.8, 4) is 0 Å². The van der Waals surface area contributed by atoms with Crippen molar-refractivity contribution < 1.29 is 19.1 Å². The zero-order chi connectivity index (χ0) is 15.9. The van der Waals surface area contributed by atoms with Crippen LogP contribution in [0, 0.1) is 0 Å². The van der Waals surface area contributed by atoms with Crippen LogP contribution in [0.4, 0.5) is 4.39 Å². The standard InChI is InChI=1S/C14H12FN3O4/c15-14(13(21)22)4-6-17(8-14)11(19)9-7-16-10-3-1-2-5-18(10)12(9)20/h1-3,5,7H,4,6,8H2,(H,21,22). The van der Waals surface area contributed by atoms with E-state index < -0.39 is 29.6 Å². The molecular formula is C14H12FN3O4. The van der Waals surface area contributed by atoms with E-state index in [0.717, 1.165) is 11.1 Å². The number of aromatic nitrogens is 2. The van der Waals surface area contributed by atoms with Gasteiger partial charge in [-0.1, -0.05) is 6.07 Å². The Labute approximate surface area is 123 Å². The summed E-state index contributed by atoms with van der Waals surface area (Å²) in [6.45, 7) is -0.628. The molecule has 1 aliphatic rings. The summed E-state index contributed by atoms with van der Waals surface area (Å²) in [6.07, 6.45) is 2.32. The van der Waals surface area contributed by atoms with E-state index in [4.69, 9.17) is 5.11 Å². The van der Waals surface area contributed by atoms with Gasteiger partial charge < -0.3 is 10.0 Å². The fraction of sp³-hybridized carbons (Fsp3) is 0.286. The van der Waals surface area contributed by atoms with Gasteiger partial charge in [0.2, 0.25) is 5.67 Å². The van der Waals surface area contributed by atoms with Gasteiger partial charge in [-0.25, -0.2) is 14.2 Å². The number of nitrogens with zero attached hydrogens (tertiary/aromatic N) is 3. The molecule has 8 heteroatoms. The van der Waals surface area contributed by atoms with E-state index in [1.165, 1.54) is 10.6 Å². The molecule has 3 rings (SSSR count). The maximum absolute atomic E-state index is 14.0. The molecule has 1 atom stereocenters. The summed E-state index contributed by atoms with van der Waals surface area (Å²) < 4.78 is 15.2. The molecule has 2 aromatic rings. The van der Waals surface area contributed by atoms with Crippen LogP contribution < -0.4 is 5.56 Å². The lowest BCUT2D eigenvalue weighted by Crippen LogP contribution is -2.40. The van der Waals surface area contributed by atoms with Crippen LogP contribution >= 0.6 is 0 Å². The third-order valence-corrected chi connectivity index (χ3v) is 3.73. The monoisotopic (exact) mass is 305 g/mol. The highest BCUT2D eigenvalue weighted by molar-refractivity contribution is 5.95. The van der Waals surface area contributed by atoms with Crippen molar-refractivity contribution in [1.29, 1.82) is 0 Å². The van der Waals surface area contributed by atoms with E-state index in [2.05, 4.69) is 4.98 Å². The van der Waals surface area contributed by atoms with Crippen LogP contribution in [0.2, 0.25) is 0 Å². The topological polar surface area (TPSA) is 92.0 Å². The van der Waals surface area contributed by atoms with Gasteiger partial charge in [-0.15, -0.1) is 0 Å². The van der Waals surface area contributed by atoms with E-state index in [-0.39, 0.29) is 18.5 Å². The lowest BCUT2D eigenvalue weighted by atomic mass is 10.1. The Morgan fingerprint density at radius 3 is 2.82 bits per heavy atom. The van der Waals surface area contributed by atoms with Gasteiger partial charge in [0.1, 0.15) is 11.2 Å². The average molecular weight is 305 g/mol. The van der Waals surface area contributed by atoms with Gasteiger partial charge in [-0.05, 0) is 12.1 Å². The number of carboxylic acid groups (broad SMARTS) is 1. The number of hydrogen-bond donors (Lipinski definition) is 1. The molecule has 1 saturated heterocycles. The first-order valence-corrected chi connectivity index (χ1v) is 6.60. The summed E-state index contributed by atoms with van der Waals surface area (Å²) in [5.41, 5.74) is -2.85. The maximum atomic E-state index is 14.0. The number of likely N-dealkylation sites (tertiary alicyclic amines) is 1. The largest absolute Gasteiger partial charge is 0.479 e. The summed E-state index contributed by atoms with van der Waals surface area (Å²) in [6, 6.07) is 4.94. The van der Waals surface area contributed by atoms with Crippen molar-refractivity contribution in [3.63, 3.8) is 0 Å². The molecule has 0 aliphatic carbocycles. The quantitative estimate of drug-likeness (QED) is 0.863. The van der Waals surface area contributed by atoms with Crippen molar-refractivity contribution in [1.82, 2.24) is 14.3 Å². The zero-order valence-corrected chi connectivity index (χ0v) is 11.4. The third kappa shape index (κ3) is 2.12. The number of alkyl halides is 1. The van der Waals surface area contributed by atoms with Crippen molar-refractivity contribution in [2.45, 2.75) is 12.1 Å². The van der Waals surface area contributed by atoms with Crippen molar-refractivity contribution in [3.05, 3.63) is 46.5 Å². The van der Waals surface area contributed by atoms with Crippen LogP contribution in [-0.4, -0.2) is 50.0 Å². The van der Waals surface area contributed by atoms with Gasteiger partial charge in [0, 0.05) is 25.4 Å². The minimum atomic E-state index is -2.46. The molecule has 0 saturated carbocycles. The van der Waals surface area contributed by atoms with Crippen molar-refractivity contribution >= 4 is 17.5 Å². The molecule has 1 unspecified atom stereocenters. The van der Waals surface area contributed by atoms with Gasteiger partial charge in [0.15, 0.2) is 0 Å². The smallest absolute Gasteiger partial charge is 0.343 e. The minimum Gasteiger partial charge on any atom is -0.479 e. The van der Waals surface area contributed by atoms with E-state index in [1.807, 2.05) is 0 Å². The summed E-state index contributed by atoms with van der Waals surface area (Å²) in [5, 5.41) is 8.85. The van der Waals surface area contributed by atoms with Gasteiger partial charge in [-0.3, -0.25) is 14.0 Å². The number of rotatable bonds is 2. The Bertz CT molecular complexity index is 834. The van der Waals surface area contributed by atoms with Crippen molar-refractivity contribution in [2.24, 2.45) is 0 Å². The van der Waals surface area contributed by atoms with Gasteiger partial charge in [-0.2, -0.15) is 0 Å². The van der Waals surface area contributed by atoms with E-state index in [0.29, 0.717) is 5.65 Å².